The number of hydrogen-bond acceptors (Lipinski definition) is 3. The Bertz CT molecular complexity index is 512. The van der Waals surface area contributed by atoms with Crippen LogP contribution in [-0.4, -0.2) is 14.8 Å². The van der Waals surface area contributed by atoms with Crippen LogP contribution in [0.2, 0.25) is 0 Å². The second-order valence-electron chi connectivity index (χ2n) is 3.07. The highest BCUT2D eigenvalue weighted by atomic mass is 16.1. The van der Waals surface area contributed by atoms with Gasteiger partial charge in [0.05, 0.1) is 5.69 Å². The van der Waals surface area contributed by atoms with Crippen LogP contribution in [0, 0.1) is 0 Å². The first-order valence-corrected chi connectivity index (χ1v) is 4.15. The van der Waals surface area contributed by atoms with E-state index >= 15 is 0 Å². The van der Waals surface area contributed by atoms with Crippen molar-refractivity contribution >= 4 is 5.82 Å². The standard InChI is InChI=1S/C9H10N4O/c1-13-3-2-6(4-9(13)14)7-5-8(10)12-11-7/h2-5H,1H3,(H3,10,11,12). The first kappa shape index (κ1) is 8.55. The van der Waals surface area contributed by atoms with Gasteiger partial charge in [-0.3, -0.25) is 9.89 Å². The monoisotopic (exact) mass is 190 g/mol. The Morgan fingerprint density at radius 2 is 2.29 bits per heavy atom. The molecular formula is C9H10N4O. The molecule has 2 rings (SSSR count). The molecule has 0 unspecified atom stereocenters. The SMILES string of the molecule is Cn1ccc(-c2cc(N)n[nH]2)cc1=O. The van der Waals surface area contributed by atoms with Crippen molar-refractivity contribution in [2.45, 2.75) is 0 Å². The van der Waals surface area contributed by atoms with Crippen LogP contribution in [0.25, 0.3) is 11.3 Å². The van der Waals surface area contributed by atoms with Crippen molar-refractivity contribution in [2.75, 3.05) is 5.73 Å². The maximum Gasteiger partial charge on any atom is 0.250 e. The van der Waals surface area contributed by atoms with Crippen molar-refractivity contribution in [2.24, 2.45) is 7.05 Å². The Balaban J connectivity index is 2.53. The maximum absolute atomic E-state index is 11.3. The molecule has 2 aromatic heterocycles. The third-order valence-corrected chi connectivity index (χ3v) is 2.01. The van der Waals surface area contributed by atoms with Crippen molar-refractivity contribution < 1.29 is 0 Å². The average Bonchev–Trinajstić information content (AvgIpc) is 2.57. The molecule has 0 aliphatic rings. The van der Waals surface area contributed by atoms with Gasteiger partial charge >= 0.3 is 0 Å². The number of nitrogens with zero attached hydrogens (tertiary/aromatic N) is 2. The topological polar surface area (TPSA) is 76.7 Å². The lowest BCUT2D eigenvalue weighted by molar-refractivity contribution is 0.861. The molecule has 14 heavy (non-hydrogen) atoms. The minimum absolute atomic E-state index is 0.0596. The molecule has 0 radical (unpaired) electrons. The quantitative estimate of drug-likeness (QED) is 0.681. The second-order valence-corrected chi connectivity index (χ2v) is 3.07. The molecule has 0 saturated carbocycles. The zero-order chi connectivity index (χ0) is 10.1. The number of rotatable bonds is 1. The lowest BCUT2D eigenvalue weighted by Crippen LogP contribution is -2.14. The number of nitrogens with one attached hydrogen (secondary N) is 1. The van der Waals surface area contributed by atoms with E-state index in [1.807, 2.05) is 6.07 Å². The molecule has 0 aromatic carbocycles. The summed E-state index contributed by atoms with van der Waals surface area (Å²) in [6.45, 7) is 0. The van der Waals surface area contributed by atoms with E-state index < -0.39 is 0 Å². The minimum atomic E-state index is -0.0596. The summed E-state index contributed by atoms with van der Waals surface area (Å²) in [5, 5.41) is 6.53. The highest BCUT2D eigenvalue weighted by molar-refractivity contribution is 5.61. The summed E-state index contributed by atoms with van der Waals surface area (Å²) < 4.78 is 1.50. The molecule has 2 aromatic rings. The summed E-state index contributed by atoms with van der Waals surface area (Å²) in [5.41, 5.74) is 6.94. The van der Waals surface area contributed by atoms with Crippen LogP contribution in [-0.2, 0) is 7.05 Å². The zero-order valence-corrected chi connectivity index (χ0v) is 7.69. The number of pyridine rings is 1. The third kappa shape index (κ3) is 1.39. The number of anilines is 1. The van der Waals surface area contributed by atoms with E-state index in [9.17, 15) is 4.79 Å². The van der Waals surface area contributed by atoms with E-state index in [0.29, 0.717) is 5.82 Å². The zero-order valence-electron chi connectivity index (χ0n) is 7.69. The van der Waals surface area contributed by atoms with Crippen LogP contribution in [0.15, 0.2) is 29.2 Å². The fraction of sp³-hybridized carbons (Fsp3) is 0.111. The van der Waals surface area contributed by atoms with Crippen LogP contribution in [0.4, 0.5) is 5.82 Å². The number of hydrogen-bond donors (Lipinski definition) is 2. The molecule has 2 heterocycles. The normalized spacial score (nSPS) is 10.4. The minimum Gasteiger partial charge on any atom is -0.382 e. The van der Waals surface area contributed by atoms with Crippen LogP contribution in [0.3, 0.4) is 0 Å². The molecule has 0 amide bonds. The van der Waals surface area contributed by atoms with Gasteiger partial charge in [0.15, 0.2) is 0 Å². The van der Waals surface area contributed by atoms with Crippen molar-refractivity contribution in [3.8, 4) is 11.3 Å². The van der Waals surface area contributed by atoms with Crippen LogP contribution < -0.4 is 11.3 Å². The summed E-state index contributed by atoms with van der Waals surface area (Å²) in [5.74, 6) is 0.417. The highest BCUT2D eigenvalue weighted by Crippen LogP contribution is 2.15. The Hall–Kier alpha value is -2.04. The fourth-order valence-corrected chi connectivity index (χ4v) is 1.20. The number of aromatic nitrogens is 3. The van der Waals surface area contributed by atoms with Gasteiger partial charge in [-0.15, -0.1) is 0 Å². The molecule has 3 N–H and O–H groups in total. The van der Waals surface area contributed by atoms with Crippen molar-refractivity contribution in [3.05, 3.63) is 34.7 Å². The highest BCUT2D eigenvalue weighted by Gasteiger charge is 2.02. The van der Waals surface area contributed by atoms with Crippen LogP contribution in [0.5, 0.6) is 0 Å². The fourth-order valence-electron chi connectivity index (χ4n) is 1.20. The Kier molecular flexibility index (Phi) is 1.85. The van der Waals surface area contributed by atoms with Gasteiger partial charge < -0.3 is 10.3 Å². The molecule has 72 valence electrons. The Morgan fingerprint density at radius 3 is 2.86 bits per heavy atom. The molecule has 0 fully saturated rings. The van der Waals surface area contributed by atoms with E-state index in [1.165, 1.54) is 10.6 Å². The summed E-state index contributed by atoms with van der Waals surface area (Å²) in [6, 6.07) is 5.05. The molecule has 5 nitrogen and oxygen atoms in total. The number of nitrogens with two attached hydrogens (primary N) is 1. The summed E-state index contributed by atoms with van der Waals surface area (Å²) in [6.07, 6.45) is 1.70. The largest absolute Gasteiger partial charge is 0.382 e. The van der Waals surface area contributed by atoms with Gasteiger partial charge in [0, 0.05) is 30.9 Å². The third-order valence-electron chi connectivity index (χ3n) is 2.01. The molecule has 0 aliphatic carbocycles. The maximum atomic E-state index is 11.3. The molecule has 0 spiro atoms. The van der Waals surface area contributed by atoms with Crippen LogP contribution in [0.1, 0.15) is 0 Å². The van der Waals surface area contributed by atoms with Gasteiger partial charge in [-0.25, -0.2) is 0 Å². The van der Waals surface area contributed by atoms with Gasteiger partial charge in [0.2, 0.25) is 0 Å². The number of aromatic amines is 1. The molecular weight excluding hydrogens is 180 g/mol. The first-order chi connectivity index (χ1) is 6.66. The van der Waals surface area contributed by atoms with E-state index in [4.69, 9.17) is 5.73 Å². The first-order valence-electron chi connectivity index (χ1n) is 4.15. The predicted molar refractivity (Wildman–Crippen MR) is 53.7 cm³/mol. The number of aryl methyl sites for hydroxylation is 1. The van der Waals surface area contributed by atoms with Crippen molar-refractivity contribution in [1.29, 1.82) is 0 Å². The average molecular weight is 190 g/mol. The predicted octanol–water partition coefficient (Wildman–Crippen LogP) is 0.358. The summed E-state index contributed by atoms with van der Waals surface area (Å²) >= 11 is 0. The molecule has 0 aliphatic heterocycles. The smallest absolute Gasteiger partial charge is 0.250 e. The lowest BCUT2D eigenvalue weighted by Gasteiger charge is -1.98. The van der Waals surface area contributed by atoms with E-state index in [2.05, 4.69) is 10.2 Å². The van der Waals surface area contributed by atoms with Gasteiger partial charge in [0.25, 0.3) is 5.56 Å². The van der Waals surface area contributed by atoms with Gasteiger partial charge in [-0.2, -0.15) is 5.10 Å². The molecule has 5 heteroatoms. The van der Waals surface area contributed by atoms with Crippen LogP contribution >= 0.6 is 0 Å². The van der Waals surface area contributed by atoms with Gasteiger partial charge in [-0.05, 0) is 6.07 Å². The van der Waals surface area contributed by atoms with Gasteiger partial charge in [-0.1, -0.05) is 0 Å². The van der Waals surface area contributed by atoms with E-state index in [-0.39, 0.29) is 5.56 Å². The summed E-state index contributed by atoms with van der Waals surface area (Å²) in [4.78, 5) is 11.3. The molecule has 0 saturated heterocycles. The molecule has 0 atom stereocenters. The second kappa shape index (κ2) is 3.02. The summed E-state index contributed by atoms with van der Waals surface area (Å²) in [7, 11) is 1.70. The van der Waals surface area contributed by atoms with E-state index in [0.717, 1.165) is 11.3 Å². The van der Waals surface area contributed by atoms with Gasteiger partial charge in [0.1, 0.15) is 5.82 Å². The van der Waals surface area contributed by atoms with E-state index in [1.54, 1.807) is 19.3 Å². The van der Waals surface area contributed by atoms with Crippen molar-refractivity contribution in [1.82, 2.24) is 14.8 Å². The molecule has 0 bridgehead atoms. The number of nitrogen functional groups attached to an aromatic ring is 1. The Labute approximate surface area is 80.2 Å². The lowest BCUT2D eigenvalue weighted by atomic mass is 10.2. The Morgan fingerprint density at radius 1 is 1.50 bits per heavy atom. The van der Waals surface area contributed by atoms with Crippen molar-refractivity contribution in [3.63, 3.8) is 0 Å². The number of H-pyrrole nitrogens is 1.